The molecule has 20 heavy (non-hydrogen) atoms. The van der Waals surface area contributed by atoms with Gasteiger partial charge in [0.05, 0.1) is 6.04 Å². The number of nitrogens with zero attached hydrogens (tertiary/aromatic N) is 2. The van der Waals surface area contributed by atoms with Gasteiger partial charge < -0.3 is 15.1 Å². The fraction of sp³-hybridized carbons (Fsp3) is 0.750. The largest absolute Gasteiger partial charge is 0.465 e. The van der Waals surface area contributed by atoms with Crippen molar-refractivity contribution in [2.24, 2.45) is 5.73 Å². The lowest BCUT2D eigenvalue weighted by molar-refractivity contribution is 0.0983. The Bertz CT molecular complexity index is 416. The second-order valence-corrected chi connectivity index (χ2v) is 6.17. The molecule has 1 fully saturated rings. The summed E-state index contributed by atoms with van der Waals surface area (Å²) in [7, 11) is 2.21. The molecule has 4 heteroatoms. The van der Waals surface area contributed by atoms with Crippen molar-refractivity contribution in [2.75, 3.05) is 26.7 Å². The molecule has 1 aromatic rings. The second-order valence-electron chi connectivity index (χ2n) is 6.17. The highest BCUT2D eigenvalue weighted by Gasteiger charge is 2.33. The van der Waals surface area contributed by atoms with Crippen LogP contribution in [0.2, 0.25) is 0 Å². The van der Waals surface area contributed by atoms with Gasteiger partial charge in [0.25, 0.3) is 0 Å². The molecule has 1 aliphatic rings. The van der Waals surface area contributed by atoms with E-state index in [-0.39, 0.29) is 12.1 Å². The van der Waals surface area contributed by atoms with Gasteiger partial charge in [-0.25, -0.2) is 0 Å². The number of aryl methyl sites for hydroxylation is 1. The molecule has 0 spiro atoms. The molecule has 0 amide bonds. The van der Waals surface area contributed by atoms with Gasteiger partial charge in [0, 0.05) is 25.2 Å². The molecule has 0 aliphatic carbocycles. The molecule has 2 N–H and O–H groups in total. The molecule has 3 unspecified atom stereocenters. The van der Waals surface area contributed by atoms with Gasteiger partial charge in [0.1, 0.15) is 11.5 Å². The summed E-state index contributed by atoms with van der Waals surface area (Å²) in [5.41, 5.74) is 6.30. The van der Waals surface area contributed by atoms with E-state index < -0.39 is 0 Å². The number of furan rings is 1. The molecular weight excluding hydrogens is 250 g/mol. The Kier molecular flexibility index (Phi) is 5.24. The predicted molar refractivity (Wildman–Crippen MR) is 82.7 cm³/mol. The summed E-state index contributed by atoms with van der Waals surface area (Å²) in [5, 5.41) is 0. The number of hydrogen-bond donors (Lipinski definition) is 1. The van der Waals surface area contributed by atoms with Crippen molar-refractivity contribution in [2.45, 2.75) is 51.7 Å². The zero-order valence-electron chi connectivity index (χ0n) is 13.3. The molecule has 0 bridgehead atoms. The van der Waals surface area contributed by atoms with Gasteiger partial charge in [-0.05, 0) is 52.4 Å². The van der Waals surface area contributed by atoms with Crippen molar-refractivity contribution >= 4 is 0 Å². The molecule has 1 saturated heterocycles. The van der Waals surface area contributed by atoms with Crippen LogP contribution in [-0.2, 0) is 0 Å². The molecule has 0 saturated carbocycles. The summed E-state index contributed by atoms with van der Waals surface area (Å²) < 4.78 is 5.89. The lowest BCUT2D eigenvalue weighted by Crippen LogP contribution is -2.47. The lowest BCUT2D eigenvalue weighted by Gasteiger charge is -2.38. The predicted octanol–water partition coefficient (Wildman–Crippen LogP) is 2.39. The summed E-state index contributed by atoms with van der Waals surface area (Å²) in [6, 6.07) is 4.92. The van der Waals surface area contributed by atoms with Crippen LogP contribution < -0.4 is 5.73 Å². The van der Waals surface area contributed by atoms with Crippen molar-refractivity contribution in [1.82, 2.24) is 9.80 Å². The highest BCUT2D eigenvalue weighted by atomic mass is 16.3. The third-order valence-corrected chi connectivity index (χ3v) is 4.33. The van der Waals surface area contributed by atoms with E-state index >= 15 is 0 Å². The van der Waals surface area contributed by atoms with Gasteiger partial charge in [0.2, 0.25) is 0 Å². The van der Waals surface area contributed by atoms with Crippen LogP contribution in [0.4, 0.5) is 0 Å². The number of rotatable bonds is 4. The molecule has 2 rings (SSSR count). The zero-order valence-corrected chi connectivity index (χ0v) is 13.3. The molecule has 4 nitrogen and oxygen atoms in total. The van der Waals surface area contributed by atoms with Crippen LogP contribution in [0.25, 0.3) is 0 Å². The van der Waals surface area contributed by atoms with E-state index in [4.69, 9.17) is 10.2 Å². The van der Waals surface area contributed by atoms with Crippen molar-refractivity contribution in [3.05, 3.63) is 23.7 Å². The minimum Gasteiger partial charge on any atom is -0.465 e. The molecular formula is C16H29N3O. The first kappa shape index (κ1) is 15.5. The third-order valence-electron chi connectivity index (χ3n) is 4.33. The van der Waals surface area contributed by atoms with Crippen LogP contribution in [0.15, 0.2) is 16.5 Å². The quantitative estimate of drug-likeness (QED) is 0.919. The van der Waals surface area contributed by atoms with Crippen LogP contribution in [0, 0.1) is 6.92 Å². The Morgan fingerprint density at radius 2 is 2.15 bits per heavy atom. The first-order valence-electron chi connectivity index (χ1n) is 7.79. The van der Waals surface area contributed by atoms with E-state index in [0.29, 0.717) is 6.04 Å². The highest BCUT2D eigenvalue weighted by Crippen LogP contribution is 2.29. The van der Waals surface area contributed by atoms with Crippen LogP contribution in [-0.4, -0.2) is 48.6 Å². The molecule has 2 heterocycles. The average molecular weight is 279 g/mol. The maximum atomic E-state index is 6.30. The minimum atomic E-state index is 0.0676. The van der Waals surface area contributed by atoms with Crippen LogP contribution >= 0.6 is 0 Å². The van der Waals surface area contributed by atoms with E-state index in [1.807, 2.05) is 13.0 Å². The van der Waals surface area contributed by atoms with Crippen LogP contribution in [0.5, 0.6) is 0 Å². The lowest BCUT2D eigenvalue weighted by atomic mass is 10.0. The van der Waals surface area contributed by atoms with Crippen molar-refractivity contribution in [3.63, 3.8) is 0 Å². The van der Waals surface area contributed by atoms with Gasteiger partial charge in [-0.1, -0.05) is 6.92 Å². The maximum Gasteiger partial charge on any atom is 0.122 e. The highest BCUT2D eigenvalue weighted by molar-refractivity contribution is 5.12. The van der Waals surface area contributed by atoms with Gasteiger partial charge in [-0.15, -0.1) is 0 Å². The minimum absolute atomic E-state index is 0.0676. The summed E-state index contributed by atoms with van der Waals surface area (Å²) in [5.74, 6) is 1.98. The molecule has 0 aromatic carbocycles. The number of hydrogen-bond acceptors (Lipinski definition) is 4. The van der Waals surface area contributed by atoms with Crippen molar-refractivity contribution in [1.29, 1.82) is 0 Å². The monoisotopic (exact) mass is 279 g/mol. The molecule has 1 aliphatic heterocycles. The topological polar surface area (TPSA) is 45.6 Å². The van der Waals surface area contributed by atoms with E-state index in [1.54, 1.807) is 0 Å². The Morgan fingerprint density at radius 1 is 1.40 bits per heavy atom. The van der Waals surface area contributed by atoms with Gasteiger partial charge >= 0.3 is 0 Å². The van der Waals surface area contributed by atoms with Gasteiger partial charge in [0.15, 0.2) is 0 Å². The summed E-state index contributed by atoms with van der Waals surface area (Å²) in [4.78, 5) is 4.99. The Labute approximate surface area is 122 Å². The standard InChI is InChI=1S/C16H29N3O/c1-5-14-11-18(4)9-6-10-19(14)16(13(3)17)15-8-7-12(2)20-15/h7-8,13-14,16H,5-6,9-11,17H2,1-4H3. The summed E-state index contributed by atoms with van der Waals surface area (Å²) in [6.45, 7) is 9.71. The van der Waals surface area contributed by atoms with Crippen molar-refractivity contribution in [3.8, 4) is 0 Å². The first-order valence-corrected chi connectivity index (χ1v) is 7.79. The summed E-state index contributed by atoms with van der Waals surface area (Å²) in [6.07, 6.45) is 2.34. The molecule has 0 radical (unpaired) electrons. The van der Waals surface area contributed by atoms with E-state index in [2.05, 4.69) is 36.8 Å². The Morgan fingerprint density at radius 3 is 2.70 bits per heavy atom. The fourth-order valence-corrected chi connectivity index (χ4v) is 3.33. The fourth-order valence-electron chi connectivity index (χ4n) is 3.33. The summed E-state index contributed by atoms with van der Waals surface area (Å²) >= 11 is 0. The second kappa shape index (κ2) is 6.74. The van der Waals surface area contributed by atoms with Gasteiger partial charge in [-0.3, -0.25) is 4.90 Å². The average Bonchev–Trinajstić information content (AvgIpc) is 2.71. The maximum absolute atomic E-state index is 6.30. The molecule has 114 valence electrons. The normalized spacial score (nSPS) is 25.4. The Hall–Kier alpha value is -0.840. The third kappa shape index (κ3) is 3.43. The molecule has 3 atom stereocenters. The van der Waals surface area contributed by atoms with Gasteiger partial charge in [-0.2, -0.15) is 0 Å². The first-order chi connectivity index (χ1) is 9.52. The van der Waals surface area contributed by atoms with E-state index in [9.17, 15) is 0 Å². The smallest absolute Gasteiger partial charge is 0.122 e. The SMILES string of the molecule is CCC1CN(C)CCCN1C(c1ccc(C)o1)C(C)N. The van der Waals surface area contributed by atoms with Crippen molar-refractivity contribution < 1.29 is 4.42 Å². The molecule has 1 aromatic heterocycles. The number of likely N-dealkylation sites (N-methyl/N-ethyl adjacent to an activating group) is 1. The number of nitrogens with two attached hydrogens (primary N) is 1. The zero-order chi connectivity index (χ0) is 14.7. The van der Waals surface area contributed by atoms with E-state index in [0.717, 1.165) is 37.6 Å². The Balaban J connectivity index is 2.26. The van der Waals surface area contributed by atoms with Crippen LogP contribution in [0.3, 0.4) is 0 Å². The van der Waals surface area contributed by atoms with Crippen LogP contribution in [0.1, 0.15) is 44.3 Å². The van der Waals surface area contributed by atoms with E-state index in [1.165, 1.54) is 6.42 Å².